The number of nitrogens with zero attached hydrogens (tertiary/aromatic N) is 4. The minimum absolute atomic E-state index is 0.0268. The summed E-state index contributed by atoms with van der Waals surface area (Å²) in [4.78, 5) is 13.3. The summed E-state index contributed by atoms with van der Waals surface area (Å²) in [5.41, 5.74) is 1.52. The van der Waals surface area contributed by atoms with Gasteiger partial charge >= 0.3 is 0 Å². The zero-order chi connectivity index (χ0) is 20.1. The van der Waals surface area contributed by atoms with Gasteiger partial charge in [-0.1, -0.05) is 13.3 Å². The first-order valence-corrected chi connectivity index (χ1v) is 9.60. The van der Waals surface area contributed by atoms with Gasteiger partial charge in [-0.2, -0.15) is 9.97 Å². The average molecular weight is 387 g/mol. The van der Waals surface area contributed by atoms with Crippen LogP contribution in [0.4, 0.5) is 16.0 Å². The van der Waals surface area contributed by atoms with Gasteiger partial charge < -0.3 is 19.4 Å². The SMILES string of the molecule is CCCCn1cnc2c(OCC)nc(Nc3ccc(OC(C)C)cc3F)nc21. The number of hydrogen-bond donors (Lipinski definition) is 1. The molecule has 1 N–H and O–H groups in total. The molecule has 3 rings (SSSR count). The standard InChI is InChI=1S/C20H26FN5O2/c1-5-7-10-26-12-22-17-18(26)24-20(25-19(17)27-6-2)23-16-9-8-14(11-15(16)21)28-13(3)4/h8-9,11-13H,5-7,10H2,1-4H3,(H,23,24,25). The van der Waals surface area contributed by atoms with E-state index < -0.39 is 5.82 Å². The highest BCUT2D eigenvalue weighted by atomic mass is 19.1. The number of benzene rings is 1. The van der Waals surface area contributed by atoms with Crippen LogP contribution in [0.25, 0.3) is 11.2 Å². The third-order valence-corrected chi connectivity index (χ3v) is 4.02. The molecule has 8 heteroatoms. The van der Waals surface area contributed by atoms with Crippen molar-refractivity contribution in [2.75, 3.05) is 11.9 Å². The quantitative estimate of drug-likeness (QED) is 0.574. The fourth-order valence-electron chi connectivity index (χ4n) is 2.77. The van der Waals surface area contributed by atoms with E-state index in [1.54, 1.807) is 18.5 Å². The molecule has 1 aromatic carbocycles. The summed E-state index contributed by atoms with van der Waals surface area (Å²) >= 11 is 0. The van der Waals surface area contributed by atoms with Crippen molar-refractivity contribution in [3.05, 3.63) is 30.3 Å². The highest BCUT2D eigenvalue weighted by Crippen LogP contribution is 2.27. The largest absolute Gasteiger partial charge is 0.491 e. The molecule has 0 unspecified atom stereocenters. The van der Waals surface area contributed by atoms with Gasteiger partial charge in [0.05, 0.1) is 24.7 Å². The zero-order valence-corrected chi connectivity index (χ0v) is 16.7. The van der Waals surface area contributed by atoms with E-state index in [0.717, 1.165) is 19.4 Å². The minimum Gasteiger partial charge on any atom is -0.491 e. The molecule has 0 aliphatic rings. The van der Waals surface area contributed by atoms with Crippen LogP contribution in [-0.2, 0) is 6.54 Å². The van der Waals surface area contributed by atoms with Crippen molar-refractivity contribution in [3.63, 3.8) is 0 Å². The summed E-state index contributed by atoms with van der Waals surface area (Å²) in [6, 6.07) is 4.66. The number of rotatable bonds is 9. The Hall–Kier alpha value is -2.90. The maximum atomic E-state index is 14.5. The van der Waals surface area contributed by atoms with Crippen molar-refractivity contribution in [1.82, 2.24) is 19.5 Å². The molecule has 2 heterocycles. The Morgan fingerprint density at radius 1 is 1.21 bits per heavy atom. The number of imidazole rings is 1. The van der Waals surface area contributed by atoms with Crippen LogP contribution in [0.15, 0.2) is 24.5 Å². The molecule has 0 saturated carbocycles. The lowest BCUT2D eigenvalue weighted by molar-refractivity contribution is 0.241. The molecule has 150 valence electrons. The number of nitrogens with one attached hydrogen (secondary N) is 1. The van der Waals surface area contributed by atoms with E-state index in [0.29, 0.717) is 29.4 Å². The Bertz CT molecular complexity index is 942. The molecule has 0 atom stereocenters. The van der Waals surface area contributed by atoms with Gasteiger partial charge in [0.2, 0.25) is 11.8 Å². The maximum absolute atomic E-state index is 14.5. The Balaban J connectivity index is 1.93. The lowest BCUT2D eigenvalue weighted by Crippen LogP contribution is -2.07. The number of unbranched alkanes of at least 4 members (excludes halogenated alkanes) is 1. The summed E-state index contributed by atoms with van der Waals surface area (Å²) in [5, 5.41) is 2.94. The molecular formula is C20H26FN5O2. The van der Waals surface area contributed by atoms with Crippen molar-refractivity contribution in [2.24, 2.45) is 0 Å². The molecule has 28 heavy (non-hydrogen) atoms. The summed E-state index contributed by atoms with van der Waals surface area (Å²) in [6.07, 6.45) is 3.78. The molecule has 3 aromatic rings. The van der Waals surface area contributed by atoms with Gasteiger partial charge in [-0.3, -0.25) is 0 Å². The molecule has 0 spiro atoms. The predicted octanol–water partition coefficient (Wildman–Crippen LogP) is 4.70. The van der Waals surface area contributed by atoms with Gasteiger partial charge in [-0.15, -0.1) is 0 Å². The summed E-state index contributed by atoms with van der Waals surface area (Å²) < 4.78 is 27.6. The van der Waals surface area contributed by atoms with Crippen LogP contribution in [0.5, 0.6) is 11.6 Å². The number of aryl methyl sites for hydroxylation is 1. The molecule has 0 saturated heterocycles. The Kier molecular flexibility index (Phi) is 6.28. The van der Waals surface area contributed by atoms with E-state index in [-0.39, 0.29) is 17.7 Å². The van der Waals surface area contributed by atoms with Crippen molar-refractivity contribution >= 4 is 22.8 Å². The van der Waals surface area contributed by atoms with Crippen molar-refractivity contribution < 1.29 is 13.9 Å². The number of fused-ring (bicyclic) bond motifs is 1. The number of ether oxygens (including phenoxy) is 2. The van der Waals surface area contributed by atoms with Crippen LogP contribution in [-0.4, -0.2) is 32.2 Å². The normalized spacial score (nSPS) is 11.2. The van der Waals surface area contributed by atoms with Gasteiger partial charge in [0.25, 0.3) is 0 Å². The van der Waals surface area contributed by atoms with Crippen LogP contribution in [0.3, 0.4) is 0 Å². The van der Waals surface area contributed by atoms with Crippen LogP contribution in [0.2, 0.25) is 0 Å². The topological polar surface area (TPSA) is 74.1 Å². The van der Waals surface area contributed by atoms with Gasteiger partial charge in [0.15, 0.2) is 11.2 Å². The Labute approximate surface area is 163 Å². The van der Waals surface area contributed by atoms with E-state index in [1.807, 2.05) is 25.3 Å². The Morgan fingerprint density at radius 2 is 2.04 bits per heavy atom. The highest BCUT2D eigenvalue weighted by molar-refractivity contribution is 5.78. The van der Waals surface area contributed by atoms with Crippen molar-refractivity contribution in [1.29, 1.82) is 0 Å². The third kappa shape index (κ3) is 4.49. The molecule has 7 nitrogen and oxygen atoms in total. The van der Waals surface area contributed by atoms with E-state index in [9.17, 15) is 4.39 Å². The second kappa shape index (κ2) is 8.86. The average Bonchev–Trinajstić information content (AvgIpc) is 3.05. The monoisotopic (exact) mass is 387 g/mol. The number of halogens is 1. The number of anilines is 2. The molecule has 0 amide bonds. The van der Waals surface area contributed by atoms with E-state index >= 15 is 0 Å². The van der Waals surface area contributed by atoms with Crippen molar-refractivity contribution in [3.8, 4) is 11.6 Å². The van der Waals surface area contributed by atoms with E-state index in [2.05, 4.69) is 27.2 Å². The smallest absolute Gasteiger partial charge is 0.247 e. The van der Waals surface area contributed by atoms with Crippen molar-refractivity contribution in [2.45, 2.75) is 53.2 Å². The van der Waals surface area contributed by atoms with Gasteiger partial charge in [0, 0.05) is 12.6 Å². The zero-order valence-electron chi connectivity index (χ0n) is 16.7. The minimum atomic E-state index is -0.445. The molecule has 0 radical (unpaired) electrons. The molecule has 0 aliphatic carbocycles. The van der Waals surface area contributed by atoms with Crippen LogP contribution >= 0.6 is 0 Å². The first kappa shape index (κ1) is 19.9. The van der Waals surface area contributed by atoms with E-state index in [1.165, 1.54) is 6.07 Å². The first-order chi connectivity index (χ1) is 13.5. The van der Waals surface area contributed by atoms with Crippen LogP contribution in [0.1, 0.15) is 40.5 Å². The fraction of sp³-hybridized carbons (Fsp3) is 0.450. The maximum Gasteiger partial charge on any atom is 0.247 e. The highest BCUT2D eigenvalue weighted by Gasteiger charge is 2.15. The van der Waals surface area contributed by atoms with Gasteiger partial charge in [-0.05, 0) is 39.3 Å². The lowest BCUT2D eigenvalue weighted by Gasteiger charge is -2.12. The third-order valence-electron chi connectivity index (χ3n) is 4.02. The molecule has 2 aromatic heterocycles. The molecular weight excluding hydrogens is 361 g/mol. The van der Waals surface area contributed by atoms with E-state index in [4.69, 9.17) is 9.47 Å². The van der Waals surface area contributed by atoms with Crippen LogP contribution in [0, 0.1) is 5.82 Å². The number of aromatic nitrogens is 4. The fourth-order valence-corrected chi connectivity index (χ4v) is 2.77. The summed E-state index contributed by atoms with van der Waals surface area (Å²) in [6.45, 7) is 9.03. The second-order valence-electron chi connectivity index (χ2n) is 6.68. The second-order valence-corrected chi connectivity index (χ2v) is 6.68. The summed E-state index contributed by atoms with van der Waals surface area (Å²) in [5.74, 6) is 0.664. The first-order valence-electron chi connectivity index (χ1n) is 9.60. The van der Waals surface area contributed by atoms with Gasteiger partial charge in [0.1, 0.15) is 11.6 Å². The molecule has 0 fully saturated rings. The predicted molar refractivity (Wildman–Crippen MR) is 107 cm³/mol. The summed E-state index contributed by atoms with van der Waals surface area (Å²) in [7, 11) is 0. The molecule has 0 aliphatic heterocycles. The van der Waals surface area contributed by atoms with Crippen LogP contribution < -0.4 is 14.8 Å². The lowest BCUT2D eigenvalue weighted by atomic mass is 10.3. The van der Waals surface area contributed by atoms with Gasteiger partial charge in [-0.25, -0.2) is 9.37 Å². The Morgan fingerprint density at radius 3 is 2.71 bits per heavy atom. The number of hydrogen-bond acceptors (Lipinski definition) is 6. The molecule has 0 bridgehead atoms.